The number of nitrogens with one attached hydrogen (secondary N) is 1. The summed E-state index contributed by atoms with van der Waals surface area (Å²) in [6.45, 7) is 4.33. The summed E-state index contributed by atoms with van der Waals surface area (Å²) in [6.07, 6.45) is 5.95. The Hall–Kier alpha value is 0.170. The van der Waals surface area contributed by atoms with Gasteiger partial charge in [-0.15, -0.1) is 0 Å². The van der Waals surface area contributed by atoms with E-state index >= 15 is 0 Å². The van der Waals surface area contributed by atoms with Crippen molar-refractivity contribution in [2.75, 3.05) is 25.1 Å². The predicted molar refractivity (Wildman–Crippen MR) is 69.6 cm³/mol. The minimum Gasteiger partial charge on any atom is -0.365 e. The molecule has 1 rings (SSSR count). The van der Waals surface area contributed by atoms with Crippen LogP contribution in [0.1, 0.15) is 26.2 Å². The van der Waals surface area contributed by atoms with Gasteiger partial charge in [-0.3, -0.25) is 4.99 Å². The van der Waals surface area contributed by atoms with Gasteiger partial charge in [0.2, 0.25) is 0 Å². The molecule has 1 heterocycles. The van der Waals surface area contributed by atoms with Crippen LogP contribution in [0, 0.1) is 0 Å². The molecule has 4 heteroatoms. The molecular formula is C10H20N2S2. The van der Waals surface area contributed by atoms with Crippen LogP contribution in [0.15, 0.2) is 4.99 Å². The van der Waals surface area contributed by atoms with Crippen molar-refractivity contribution in [3.63, 3.8) is 0 Å². The van der Waals surface area contributed by atoms with E-state index in [-0.39, 0.29) is 0 Å². The van der Waals surface area contributed by atoms with Gasteiger partial charge in [0.05, 0.1) is 6.54 Å². The van der Waals surface area contributed by atoms with E-state index in [1.54, 1.807) is 0 Å². The molecule has 0 amide bonds. The molecule has 0 fully saturated rings. The highest BCUT2D eigenvalue weighted by Crippen LogP contribution is 2.23. The van der Waals surface area contributed by atoms with Crippen molar-refractivity contribution in [2.24, 2.45) is 4.99 Å². The number of hydrogen-bond acceptors (Lipinski definition) is 4. The summed E-state index contributed by atoms with van der Waals surface area (Å²) in [6, 6.07) is 0. The third-order valence-corrected chi connectivity index (χ3v) is 4.04. The van der Waals surface area contributed by atoms with Crippen LogP contribution in [0.3, 0.4) is 0 Å². The first-order valence-electron chi connectivity index (χ1n) is 5.30. The second kappa shape index (κ2) is 7.46. The predicted octanol–water partition coefficient (Wildman–Crippen LogP) is 2.60. The molecule has 1 aliphatic heterocycles. The Balaban J connectivity index is 2.03. The standard InChI is InChI=1S/C10H20N2S2/c1-3-5-9-8-12-10(14-9)11-6-4-7-13-2/h9H,3-8H2,1-2H3,(H,11,12). The monoisotopic (exact) mass is 232 g/mol. The molecule has 1 N–H and O–H groups in total. The highest BCUT2D eigenvalue weighted by atomic mass is 32.2. The third kappa shape index (κ3) is 4.60. The second-order valence-corrected chi connectivity index (χ2v) is 5.72. The summed E-state index contributed by atoms with van der Waals surface area (Å²) in [7, 11) is 0. The van der Waals surface area contributed by atoms with Gasteiger partial charge in [0.25, 0.3) is 0 Å². The zero-order valence-electron chi connectivity index (χ0n) is 9.08. The van der Waals surface area contributed by atoms with Gasteiger partial charge in [-0.1, -0.05) is 25.1 Å². The van der Waals surface area contributed by atoms with Crippen LogP contribution in [0.25, 0.3) is 0 Å². The molecule has 14 heavy (non-hydrogen) atoms. The van der Waals surface area contributed by atoms with Crippen molar-refractivity contribution in [1.82, 2.24) is 5.32 Å². The summed E-state index contributed by atoms with van der Waals surface area (Å²) in [4.78, 5) is 4.50. The zero-order chi connectivity index (χ0) is 10.2. The van der Waals surface area contributed by atoms with Gasteiger partial charge in [0.15, 0.2) is 5.17 Å². The van der Waals surface area contributed by atoms with Crippen molar-refractivity contribution >= 4 is 28.7 Å². The number of thioether (sulfide) groups is 2. The second-order valence-electron chi connectivity index (χ2n) is 3.45. The van der Waals surface area contributed by atoms with Crippen LogP contribution in [-0.4, -0.2) is 35.5 Å². The quantitative estimate of drug-likeness (QED) is 0.712. The van der Waals surface area contributed by atoms with Crippen LogP contribution >= 0.6 is 23.5 Å². The van der Waals surface area contributed by atoms with Crippen LogP contribution < -0.4 is 5.32 Å². The van der Waals surface area contributed by atoms with E-state index in [9.17, 15) is 0 Å². The molecule has 0 spiro atoms. The molecule has 0 aromatic carbocycles. The van der Waals surface area contributed by atoms with Gasteiger partial charge in [-0.2, -0.15) is 11.8 Å². The summed E-state index contributed by atoms with van der Waals surface area (Å²) >= 11 is 3.83. The molecular weight excluding hydrogens is 212 g/mol. The fourth-order valence-corrected chi connectivity index (χ4v) is 2.98. The van der Waals surface area contributed by atoms with Crippen LogP contribution in [0.2, 0.25) is 0 Å². The molecule has 1 unspecified atom stereocenters. The average molecular weight is 232 g/mol. The minimum atomic E-state index is 0.739. The summed E-state index contributed by atoms with van der Waals surface area (Å²) < 4.78 is 0. The van der Waals surface area contributed by atoms with Crippen LogP contribution in [0.4, 0.5) is 0 Å². The van der Waals surface area contributed by atoms with E-state index in [2.05, 4.69) is 23.5 Å². The van der Waals surface area contributed by atoms with Crippen molar-refractivity contribution in [1.29, 1.82) is 0 Å². The number of hydrogen-bond donors (Lipinski definition) is 1. The SMILES string of the molecule is CCCC1CN=C(NCCCSC)S1. The normalized spacial score (nSPS) is 21.0. The molecule has 0 aromatic heterocycles. The highest BCUT2D eigenvalue weighted by Gasteiger charge is 2.17. The third-order valence-electron chi connectivity index (χ3n) is 2.13. The first-order valence-corrected chi connectivity index (χ1v) is 7.58. The van der Waals surface area contributed by atoms with Crippen molar-refractivity contribution in [3.05, 3.63) is 0 Å². The van der Waals surface area contributed by atoms with E-state index in [0.717, 1.165) is 18.3 Å². The lowest BCUT2D eigenvalue weighted by Crippen LogP contribution is -2.21. The summed E-state index contributed by atoms with van der Waals surface area (Å²) in [5, 5.41) is 5.31. The van der Waals surface area contributed by atoms with Gasteiger partial charge < -0.3 is 5.32 Å². The molecule has 1 atom stereocenters. The Morgan fingerprint density at radius 1 is 1.64 bits per heavy atom. The molecule has 2 nitrogen and oxygen atoms in total. The maximum absolute atomic E-state index is 4.50. The molecule has 0 bridgehead atoms. The maximum Gasteiger partial charge on any atom is 0.156 e. The zero-order valence-corrected chi connectivity index (χ0v) is 10.7. The molecule has 0 radical (unpaired) electrons. The Morgan fingerprint density at radius 3 is 3.21 bits per heavy atom. The highest BCUT2D eigenvalue weighted by molar-refractivity contribution is 8.14. The molecule has 0 saturated carbocycles. The summed E-state index contributed by atoms with van der Waals surface area (Å²) in [5.41, 5.74) is 0. The Morgan fingerprint density at radius 2 is 2.50 bits per heavy atom. The molecule has 0 aliphatic carbocycles. The Labute approximate surface area is 95.7 Å². The molecule has 82 valence electrons. The molecule has 0 saturated heterocycles. The number of aliphatic imine (C=N–C) groups is 1. The van der Waals surface area contributed by atoms with Crippen molar-refractivity contribution in [3.8, 4) is 0 Å². The van der Waals surface area contributed by atoms with Gasteiger partial charge >= 0.3 is 0 Å². The number of rotatable bonds is 6. The smallest absolute Gasteiger partial charge is 0.156 e. The van der Waals surface area contributed by atoms with Crippen molar-refractivity contribution < 1.29 is 0 Å². The summed E-state index contributed by atoms with van der Waals surface area (Å²) in [5.74, 6) is 1.24. The van der Waals surface area contributed by atoms with E-state index in [1.807, 2.05) is 23.5 Å². The average Bonchev–Trinajstić information content (AvgIpc) is 2.61. The lowest BCUT2D eigenvalue weighted by molar-refractivity contribution is 0.753. The maximum atomic E-state index is 4.50. The fourth-order valence-electron chi connectivity index (χ4n) is 1.40. The van der Waals surface area contributed by atoms with Gasteiger partial charge in [0, 0.05) is 11.8 Å². The van der Waals surface area contributed by atoms with E-state index in [1.165, 1.54) is 30.2 Å². The van der Waals surface area contributed by atoms with E-state index in [0.29, 0.717) is 0 Å². The van der Waals surface area contributed by atoms with E-state index in [4.69, 9.17) is 0 Å². The largest absolute Gasteiger partial charge is 0.365 e. The first-order chi connectivity index (χ1) is 6.86. The molecule has 1 aliphatic rings. The lowest BCUT2D eigenvalue weighted by atomic mass is 10.2. The van der Waals surface area contributed by atoms with E-state index < -0.39 is 0 Å². The number of amidine groups is 1. The Kier molecular flexibility index (Phi) is 6.52. The van der Waals surface area contributed by atoms with Crippen molar-refractivity contribution in [2.45, 2.75) is 31.4 Å². The van der Waals surface area contributed by atoms with Gasteiger partial charge in [-0.05, 0) is 24.9 Å². The first kappa shape index (κ1) is 12.2. The minimum absolute atomic E-state index is 0.739. The Bertz CT molecular complexity index is 183. The van der Waals surface area contributed by atoms with Crippen LogP contribution in [-0.2, 0) is 0 Å². The molecule has 0 aromatic rings. The van der Waals surface area contributed by atoms with Gasteiger partial charge in [0.1, 0.15) is 0 Å². The number of nitrogens with zero attached hydrogens (tertiary/aromatic N) is 1. The topological polar surface area (TPSA) is 24.4 Å². The van der Waals surface area contributed by atoms with Gasteiger partial charge in [-0.25, -0.2) is 0 Å². The lowest BCUT2D eigenvalue weighted by Gasteiger charge is -2.07. The van der Waals surface area contributed by atoms with Crippen LogP contribution in [0.5, 0.6) is 0 Å². The fraction of sp³-hybridized carbons (Fsp3) is 0.900.